The van der Waals surface area contributed by atoms with Gasteiger partial charge in [-0.2, -0.15) is 5.10 Å². The predicted molar refractivity (Wildman–Crippen MR) is 76.1 cm³/mol. The Morgan fingerprint density at radius 3 is 2.80 bits per heavy atom. The Morgan fingerprint density at radius 1 is 1.55 bits per heavy atom. The Balaban J connectivity index is 2.13. The summed E-state index contributed by atoms with van der Waals surface area (Å²) >= 11 is 5.90. The molecule has 6 nitrogen and oxygen atoms in total. The summed E-state index contributed by atoms with van der Waals surface area (Å²) in [6.07, 6.45) is 2.75. The molecule has 1 N–H and O–H groups in total. The van der Waals surface area contributed by atoms with Crippen LogP contribution in [0.5, 0.6) is 0 Å². The number of ether oxygens (including phenoxy) is 1. The van der Waals surface area contributed by atoms with Crippen LogP contribution in [0.25, 0.3) is 0 Å². The van der Waals surface area contributed by atoms with E-state index in [1.54, 1.807) is 7.05 Å². The first-order chi connectivity index (χ1) is 9.31. The van der Waals surface area contributed by atoms with Gasteiger partial charge in [0.05, 0.1) is 17.3 Å². The zero-order valence-electron chi connectivity index (χ0n) is 11.8. The number of halogens is 1. The lowest BCUT2D eigenvalue weighted by molar-refractivity contribution is -0.0211. The molecule has 1 aliphatic heterocycles. The molecule has 1 aromatic heterocycles. The van der Waals surface area contributed by atoms with Gasteiger partial charge in [0.2, 0.25) is 0 Å². The van der Waals surface area contributed by atoms with Gasteiger partial charge < -0.3 is 4.74 Å². The van der Waals surface area contributed by atoms with Crippen molar-refractivity contribution >= 4 is 21.6 Å². The van der Waals surface area contributed by atoms with E-state index in [4.69, 9.17) is 16.3 Å². The predicted octanol–water partition coefficient (Wildman–Crippen LogP) is 1.56. The van der Waals surface area contributed by atoms with Crippen LogP contribution in [0.15, 0.2) is 11.2 Å². The third-order valence-electron chi connectivity index (χ3n) is 3.48. The van der Waals surface area contributed by atoms with E-state index < -0.39 is 10.0 Å². The van der Waals surface area contributed by atoms with Gasteiger partial charge >= 0.3 is 0 Å². The van der Waals surface area contributed by atoms with Gasteiger partial charge in [-0.05, 0) is 18.8 Å². The summed E-state index contributed by atoms with van der Waals surface area (Å²) in [5.41, 5.74) is 0. The molecule has 0 aromatic carbocycles. The molecule has 1 aromatic rings. The summed E-state index contributed by atoms with van der Waals surface area (Å²) in [6, 6.07) is -0.132. The average Bonchev–Trinajstić information content (AvgIpc) is 2.69. The minimum atomic E-state index is -3.66. The molecule has 114 valence electrons. The number of rotatable bonds is 4. The lowest BCUT2D eigenvalue weighted by atomic mass is 9.96. The molecule has 0 saturated carbocycles. The van der Waals surface area contributed by atoms with Gasteiger partial charge in [0.25, 0.3) is 10.0 Å². The highest BCUT2D eigenvalue weighted by atomic mass is 35.5. The maximum Gasteiger partial charge on any atom is 0.259 e. The smallest absolute Gasteiger partial charge is 0.259 e. The first-order valence-corrected chi connectivity index (χ1v) is 8.49. The monoisotopic (exact) mass is 321 g/mol. The highest BCUT2D eigenvalue weighted by molar-refractivity contribution is 7.89. The van der Waals surface area contributed by atoms with Crippen molar-refractivity contribution in [3.63, 3.8) is 0 Å². The third-order valence-corrected chi connectivity index (χ3v) is 5.50. The van der Waals surface area contributed by atoms with Crippen LogP contribution in [0.3, 0.4) is 0 Å². The Labute approximate surface area is 124 Å². The van der Waals surface area contributed by atoms with Crippen molar-refractivity contribution in [2.24, 2.45) is 13.0 Å². The Bertz CT molecular complexity index is 551. The van der Waals surface area contributed by atoms with Gasteiger partial charge in [-0.25, -0.2) is 13.1 Å². The standard InChI is InChI=1S/C12H20ClN3O3S/c1-8(2)11-6-9(4-5-19-11)15-20(17,18)12-10(13)7-14-16(12)3/h7-9,11,15H,4-6H2,1-3H3. The summed E-state index contributed by atoms with van der Waals surface area (Å²) in [7, 11) is -2.11. The van der Waals surface area contributed by atoms with Crippen molar-refractivity contribution in [2.75, 3.05) is 6.61 Å². The fraction of sp³-hybridized carbons (Fsp3) is 0.750. The zero-order chi connectivity index (χ0) is 14.9. The van der Waals surface area contributed by atoms with Crippen LogP contribution in [0, 0.1) is 5.92 Å². The van der Waals surface area contributed by atoms with Crippen LogP contribution in [0.4, 0.5) is 0 Å². The molecule has 0 spiro atoms. The number of sulfonamides is 1. The summed E-state index contributed by atoms with van der Waals surface area (Å²) in [5, 5.41) is 4.00. The lowest BCUT2D eigenvalue weighted by Gasteiger charge is -2.32. The van der Waals surface area contributed by atoms with Crippen LogP contribution in [0.1, 0.15) is 26.7 Å². The number of aromatic nitrogens is 2. The van der Waals surface area contributed by atoms with Crippen LogP contribution >= 0.6 is 11.6 Å². The first kappa shape index (κ1) is 15.8. The molecule has 0 radical (unpaired) electrons. The maximum atomic E-state index is 12.4. The second-order valence-corrected chi connectivity index (χ2v) is 7.45. The second-order valence-electron chi connectivity index (χ2n) is 5.42. The molecule has 0 aliphatic carbocycles. The molecule has 2 atom stereocenters. The summed E-state index contributed by atoms with van der Waals surface area (Å²) in [4.78, 5) is 0. The number of nitrogens with zero attached hydrogens (tertiary/aromatic N) is 2. The molecular weight excluding hydrogens is 302 g/mol. The topological polar surface area (TPSA) is 73.2 Å². The highest BCUT2D eigenvalue weighted by Gasteiger charge is 2.30. The fourth-order valence-corrected chi connectivity index (χ4v) is 4.32. The van der Waals surface area contributed by atoms with E-state index in [0.29, 0.717) is 25.4 Å². The van der Waals surface area contributed by atoms with E-state index in [2.05, 4.69) is 23.7 Å². The molecule has 2 rings (SSSR count). The molecule has 1 fully saturated rings. The van der Waals surface area contributed by atoms with Gasteiger partial charge in [-0.3, -0.25) is 4.68 Å². The van der Waals surface area contributed by atoms with Crippen LogP contribution < -0.4 is 4.72 Å². The molecule has 1 saturated heterocycles. The minimum Gasteiger partial charge on any atom is -0.378 e. The van der Waals surface area contributed by atoms with Gasteiger partial charge in [-0.15, -0.1) is 0 Å². The van der Waals surface area contributed by atoms with E-state index in [-0.39, 0.29) is 22.2 Å². The van der Waals surface area contributed by atoms with Crippen molar-refractivity contribution in [2.45, 2.75) is 43.9 Å². The van der Waals surface area contributed by atoms with Gasteiger partial charge in [0.1, 0.15) is 0 Å². The van der Waals surface area contributed by atoms with Crippen LogP contribution in [-0.2, 0) is 21.8 Å². The third kappa shape index (κ3) is 3.33. The van der Waals surface area contributed by atoms with E-state index >= 15 is 0 Å². The summed E-state index contributed by atoms with van der Waals surface area (Å²) in [6.45, 7) is 4.70. The Kier molecular flexibility index (Phi) is 4.73. The zero-order valence-corrected chi connectivity index (χ0v) is 13.4. The molecule has 1 aliphatic rings. The largest absolute Gasteiger partial charge is 0.378 e. The van der Waals surface area contributed by atoms with Crippen LogP contribution in [-0.4, -0.2) is 37.0 Å². The first-order valence-electron chi connectivity index (χ1n) is 6.62. The minimum absolute atomic E-state index is 0.00626. The van der Waals surface area contributed by atoms with Gasteiger partial charge in [0, 0.05) is 19.7 Å². The normalized spacial score (nSPS) is 24.2. The molecule has 0 bridgehead atoms. The number of hydrogen-bond acceptors (Lipinski definition) is 4. The second kappa shape index (κ2) is 6.01. The molecule has 0 amide bonds. The highest BCUT2D eigenvalue weighted by Crippen LogP contribution is 2.24. The van der Waals surface area contributed by atoms with Crippen molar-refractivity contribution in [1.82, 2.24) is 14.5 Å². The van der Waals surface area contributed by atoms with Crippen LogP contribution in [0.2, 0.25) is 5.02 Å². The Hall–Kier alpha value is -0.630. The lowest BCUT2D eigenvalue weighted by Crippen LogP contribution is -2.43. The van der Waals surface area contributed by atoms with Crippen molar-refractivity contribution in [3.8, 4) is 0 Å². The summed E-state index contributed by atoms with van der Waals surface area (Å²) in [5.74, 6) is 0.364. The molecule has 2 unspecified atom stereocenters. The SMILES string of the molecule is CC(C)C1CC(NS(=O)(=O)c2c(Cl)cnn2C)CCO1. The quantitative estimate of drug-likeness (QED) is 0.913. The van der Waals surface area contributed by atoms with E-state index in [9.17, 15) is 8.42 Å². The van der Waals surface area contributed by atoms with Gasteiger partial charge in [0.15, 0.2) is 5.03 Å². The molecule has 8 heteroatoms. The van der Waals surface area contributed by atoms with E-state index in [1.807, 2.05) is 0 Å². The van der Waals surface area contributed by atoms with Crippen molar-refractivity contribution in [3.05, 3.63) is 11.2 Å². The molecule has 2 heterocycles. The van der Waals surface area contributed by atoms with E-state index in [1.165, 1.54) is 10.9 Å². The summed E-state index contributed by atoms with van der Waals surface area (Å²) < 4.78 is 34.4. The number of nitrogens with one attached hydrogen (secondary N) is 1. The fourth-order valence-electron chi connectivity index (χ4n) is 2.38. The molecular formula is C12H20ClN3O3S. The Morgan fingerprint density at radius 2 is 2.25 bits per heavy atom. The van der Waals surface area contributed by atoms with E-state index in [0.717, 1.165) is 0 Å². The molecule has 20 heavy (non-hydrogen) atoms. The van der Waals surface area contributed by atoms with Crippen molar-refractivity contribution < 1.29 is 13.2 Å². The number of aryl methyl sites for hydroxylation is 1. The maximum absolute atomic E-state index is 12.4. The van der Waals surface area contributed by atoms with Crippen molar-refractivity contribution in [1.29, 1.82) is 0 Å². The average molecular weight is 322 g/mol. The van der Waals surface area contributed by atoms with Gasteiger partial charge in [-0.1, -0.05) is 25.4 Å². The number of hydrogen-bond donors (Lipinski definition) is 1.